The number of piperidine rings is 1. The number of nitrogens with zero attached hydrogens (tertiary/aromatic N) is 2. The maximum Gasteiger partial charge on any atom is 0.0599 e. The van der Waals surface area contributed by atoms with Crippen LogP contribution in [0.2, 0.25) is 0 Å². The van der Waals surface area contributed by atoms with Gasteiger partial charge in [-0.15, -0.1) is 0 Å². The van der Waals surface area contributed by atoms with Gasteiger partial charge in [-0.05, 0) is 24.5 Å². The second-order valence-corrected chi connectivity index (χ2v) is 5.19. The van der Waals surface area contributed by atoms with E-state index in [1.807, 2.05) is 18.5 Å². The van der Waals surface area contributed by atoms with Gasteiger partial charge in [-0.2, -0.15) is 0 Å². The first-order valence-corrected chi connectivity index (χ1v) is 7.29. The summed E-state index contributed by atoms with van der Waals surface area (Å²) < 4.78 is 5.74. The summed E-state index contributed by atoms with van der Waals surface area (Å²) in [6.45, 7) is 4.09. The molecule has 0 atom stereocenters. The number of pyridine rings is 1. The van der Waals surface area contributed by atoms with Crippen LogP contribution in [-0.4, -0.2) is 41.0 Å². The molecule has 17 heavy (non-hydrogen) atoms. The van der Waals surface area contributed by atoms with Crippen molar-refractivity contribution in [1.82, 2.24) is 9.88 Å². The maximum atomic E-state index is 5.74. The SMILES string of the molecule is BrCCOC1CCN(Cc2cccnc2)CC1. The molecule has 1 aliphatic heterocycles. The topological polar surface area (TPSA) is 25.4 Å². The average molecular weight is 299 g/mol. The summed E-state index contributed by atoms with van der Waals surface area (Å²) in [5.41, 5.74) is 1.30. The molecular weight excluding hydrogens is 280 g/mol. The smallest absolute Gasteiger partial charge is 0.0599 e. The number of aromatic nitrogens is 1. The summed E-state index contributed by atoms with van der Waals surface area (Å²) >= 11 is 3.39. The van der Waals surface area contributed by atoms with Gasteiger partial charge < -0.3 is 4.74 Å². The Balaban J connectivity index is 1.72. The quantitative estimate of drug-likeness (QED) is 0.781. The van der Waals surface area contributed by atoms with E-state index in [1.54, 1.807) is 0 Å². The molecule has 94 valence electrons. The number of hydrogen-bond donors (Lipinski definition) is 0. The maximum absolute atomic E-state index is 5.74. The van der Waals surface area contributed by atoms with Gasteiger partial charge in [0, 0.05) is 37.4 Å². The van der Waals surface area contributed by atoms with E-state index in [0.29, 0.717) is 6.10 Å². The van der Waals surface area contributed by atoms with Gasteiger partial charge in [0.1, 0.15) is 0 Å². The fraction of sp³-hybridized carbons (Fsp3) is 0.615. The summed E-state index contributed by atoms with van der Waals surface area (Å²) in [4.78, 5) is 6.63. The molecule has 0 saturated carbocycles. The summed E-state index contributed by atoms with van der Waals surface area (Å²) in [7, 11) is 0. The molecule has 0 spiro atoms. The normalized spacial score (nSPS) is 18.4. The minimum Gasteiger partial charge on any atom is -0.377 e. The van der Waals surface area contributed by atoms with E-state index in [1.165, 1.54) is 5.56 Å². The minimum atomic E-state index is 0.456. The number of halogens is 1. The van der Waals surface area contributed by atoms with E-state index < -0.39 is 0 Å². The van der Waals surface area contributed by atoms with Crippen molar-refractivity contribution in [3.8, 4) is 0 Å². The summed E-state index contributed by atoms with van der Waals surface area (Å²) in [6.07, 6.45) is 6.52. The Morgan fingerprint density at radius 3 is 2.88 bits per heavy atom. The van der Waals surface area contributed by atoms with E-state index in [2.05, 4.69) is 31.9 Å². The van der Waals surface area contributed by atoms with Gasteiger partial charge in [-0.3, -0.25) is 9.88 Å². The van der Waals surface area contributed by atoms with Crippen molar-refractivity contribution in [2.45, 2.75) is 25.5 Å². The third kappa shape index (κ3) is 4.37. The highest BCUT2D eigenvalue weighted by Gasteiger charge is 2.19. The van der Waals surface area contributed by atoms with Gasteiger partial charge in [0.15, 0.2) is 0 Å². The van der Waals surface area contributed by atoms with Gasteiger partial charge in [0.05, 0.1) is 12.7 Å². The lowest BCUT2D eigenvalue weighted by Gasteiger charge is -2.31. The molecule has 0 bridgehead atoms. The molecule has 4 heteroatoms. The van der Waals surface area contributed by atoms with E-state index in [9.17, 15) is 0 Å². The first-order valence-electron chi connectivity index (χ1n) is 6.17. The lowest BCUT2D eigenvalue weighted by atomic mass is 10.1. The Morgan fingerprint density at radius 2 is 2.24 bits per heavy atom. The summed E-state index contributed by atoms with van der Waals surface area (Å²) in [6, 6.07) is 4.14. The number of ether oxygens (including phenoxy) is 1. The van der Waals surface area contributed by atoms with Crippen LogP contribution in [0.25, 0.3) is 0 Å². The van der Waals surface area contributed by atoms with Crippen molar-refractivity contribution >= 4 is 15.9 Å². The fourth-order valence-corrected chi connectivity index (χ4v) is 2.38. The zero-order chi connectivity index (χ0) is 11.9. The van der Waals surface area contributed by atoms with Crippen LogP contribution >= 0.6 is 15.9 Å². The van der Waals surface area contributed by atoms with Crippen molar-refractivity contribution in [3.63, 3.8) is 0 Å². The van der Waals surface area contributed by atoms with E-state index >= 15 is 0 Å². The zero-order valence-corrected chi connectivity index (χ0v) is 11.6. The highest BCUT2D eigenvalue weighted by atomic mass is 79.9. The largest absolute Gasteiger partial charge is 0.377 e. The van der Waals surface area contributed by atoms with Crippen molar-refractivity contribution in [2.75, 3.05) is 25.0 Å². The van der Waals surface area contributed by atoms with Crippen LogP contribution < -0.4 is 0 Å². The molecule has 1 saturated heterocycles. The predicted molar refractivity (Wildman–Crippen MR) is 72.3 cm³/mol. The van der Waals surface area contributed by atoms with Gasteiger partial charge >= 0.3 is 0 Å². The lowest BCUT2D eigenvalue weighted by Crippen LogP contribution is -2.36. The first-order chi connectivity index (χ1) is 8.38. The molecule has 2 rings (SSSR count). The Labute approximate surface area is 111 Å². The van der Waals surface area contributed by atoms with Crippen molar-refractivity contribution in [2.24, 2.45) is 0 Å². The lowest BCUT2D eigenvalue weighted by molar-refractivity contribution is 0.0141. The molecule has 0 aliphatic carbocycles. The molecule has 3 nitrogen and oxygen atoms in total. The van der Waals surface area contributed by atoms with Crippen LogP contribution in [0.15, 0.2) is 24.5 Å². The molecule has 0 radical (unpaired) electrons. The van der Waals surface area contributed by atoms with Crippen molar-refractivity contribution < 1.29 is 4.74 Å². The Morgan fingerprint density at radius 1 is 1.41 bits per heavy atom. The second-order valence-electron chi connectivity index (χ2n) is 4.40. The van der Waals surface area contributed by atoms with Gasteiger partial charge in [-0.1, -0.05) is 22.0 Å². The molecule has 1 aliphatic rings. The highest BCUT2D eigenvalue weighted by Crippen LogP contribution is 2.15. The molecule has 2 heterocycles. The second kappa shape index (κ2) is 7.09. The number of hydrogen-bond acceptors (Lipinski definition) is 3. The summed E-state index contributed by atoms with van der Waals surface area (Å²) in [5.74, 6) is 0. The Bertz CT molecular complexity index is 312. The molecule has 1 aromatic rings. The molecule has 0 unspecified atom stereocenters. The van der Waals surface area contributed by atoms with Crippen LogP contribution in [0.1, 0.15) is 18.4 Å². The number of likely N-dealkylation sites (tertiary alicyclic amines) is 1. The first kappa shape index (κ1) is 13.0. The van der Waals surface area contributed by atoms with Gasteiger partial charge in [0.2, 0.25) is 0 Å². The van der Waals surface area contributed by atoms with Crippen LogP contribution in [-0.2, 0) is 11.3 Å². The van der Waals surface area contributed by atoms with Gasteiger partial charge in [-0.25, -0.2) is 0 Å². The zero-order valence-electron chi connectivity index (χ0n) is 10.0. The Kier molecular flexibility index (Phi) is 5.42. The molecule has 1 aromatic heterocycles. The highest BCUT2D eigenvalue weighted by molar-refractivity contribution is 9.09. The van der Waals surface area contributed by atoms with Crippen molar-refractivity contribution in [3.05, 3.63) is 30.1 Å². The average Bonchev–Trinajstić information content (AvgIpc) is 2.39. The molecule has 1 fully saturated rings. The number of rotatable bonds is 5. The van der Waals surface area contributed by atoms with Crippen LogP contribution in [0.3, 0.4) is 0 Å². The monoisotopic (exact) mass is 298 g/mol. The van der Waals surface area contributed by atoms with Crippen LogP contribution in [0.5, 0.6) is 0 Å². The van der Waals surface area contributed by atoms with Gasteiger partial charge in [0.25, 0.3) is 0 Å². The van der Waals surface area contributed by atoms with E-state index in [4.69, 9.17) is 4.74 Å². The van der Waals surface area contributed by atoms with E-state index in [-0.39, 0.29) is 0 Å². The standard InChI is InChI=1S/C13H19BrN2O/c14-5-9-17-13-3-7-16(8-4-13)11-12-2-1-6-15-10-12/h1-2,6,10,13H,3-5,7-9,11H2. The third-order valence-corrected chi connectivity index (χ3v) is 3.42. The minimum absolute atomic E-state index is 0.456. The summed E-state index contributed by atoms with van der Waals surface area (Å²) in [5, 5.41) is 0.933. The number of alkyl halides is 1. The van der Waals surface area contributed by atoms with Crippen LogP contribution in [0.4, 0.5) is 0 Å². The third-order valence-electron chi connectivity index (χ3n) is 3.09. The molecule has 0 N–H and O–H groups in total. The van der Waals surface area contributed by atoms with Crippen LogP contribution in [0, 0.1) is 0 Å². The predicted octanol–water partition coefficient (Wildman–Crippen LogP) is 2.46. The fourth-order valence-electron chi connectivity index (χ4n) is 2.20. The molecule has 0 amide bonds. The molecular formula is C13H19BrN2O. The molecule has 0 aromatic carbocycles. The Hall–Kier alpha value is -0.450. The van der Waals surface area contributed by atoms with E-state index in [0.717, 1.165) is 44.4 Å². The van der Waals surface area contributed by atoms with Crippen molar-refractivity contribution in [1.29, 1.82) is 0 Å².